The Morgan fingerprint density at radius 1 is 1.23 bits per heavy atom. The van der Waals surface area contributed by atoms with Gasteiger partial charge in [-0.05, 0) is 50.5 Å². The molecular formula is C20H40N6O4S. The normalized spacial score (nSPS) is 41.4. The maximum absolute atomic E-state index is 13.4. The van der Waals surface area contributed by atoms with Crippen molar-refractivity contribution in [1.82, 2.24) is 30.9 Å². The average Bonchev–Trinajstić information content (AvgIpc) is 3.41. The number of likely N-dealkylation sites (N-methyl/N-ethyl adjacent to an activating group) is 1. The Balaban J connectivity index is 1.40. The maximum Gasteiger partial charge on any atom is 0.217 e. The smallest absolute Gasteiger partial charge is 0.217 e. The van der Waals surface area contributed by atoms with Gasteiger partial charge < -0.3 is 15.2 Å². The number of aliphatic hydroxyl groups excluding tert-OH is 1. The first-order chi connectivity index (χ1) is 14.8. The molecule has 3 heterocycles. The highest BCUT2D eigenvalue weighted by atomic mass is 32.2. The number of hydrogen-bond acceptors (Lipinski definition) is 9. The highest BCUT2D eigenvalue weighted by Crippen LogP contribution is 2.33. The summed E-state index contributed by atoms with van der Waals surface area (Å²) in [4.78, 5) is 0. The second-order valence-electron chi connectivity index (χ2n) is 9.63. The Labute approximate surface area is 186 Å². The lowest BCUT2D eigenvalue weighted by Crippen LogP contribution is -2.61. The first-order valence-corrected chi connectivity index (χ1v) is 13.3. The molecule has 3 aliphatic heterocycles. The topological polar surface area (TPSA) is 118 Å². The fourth-order valence-corrected chi connectivity index (χ4v) is 7.45. The van der Waals surface area contributed by atoms with Gasteiger partial charge in [-0.2, -0.15) is 0 Å². The number of hydrogen-bond donors (Lipinski definition) is 5. The molecule has 10 nitrogen and oxygen atoms in total. The van der Waals surface area contributed by atoms with Crippen molar-refractivity contribution >= 4 is 10.0 Å². The van der Waals surface area contributed by atoms with E-state index < -0.39 is 15.3 Å². The number of methoxy groups -OCH3 is 1. The van der Waals surface area contributed by atoms with Crippen molar-refractivity contribution in [2.24, 2.45) is 11.8 Å². The van der Waals surface area contributed by atoms with Gasteiger partial charge in [0.15, 0.2) is 0 Å². The van der Waals surface area contributed by atoms with E-state index >= 15 is 0 Å². The minimum Gasteiger partial charge on any atom is -0.393 e. The number of nitrogens with zero attached hydrogens (tertiary/aromatic N) is 2. The molecular weight excluding hydrogens is 420 g/mol. The fourth-order valence-electron chi connectivity index (χ4n) is 5.94. The van der Waals surface area contributed by atoms with Crippen molar-refractivity contribution in [3.8, 4) is 0 Å². The zero-order chi connectivity index (χ0) is 22.2. The molecule has 8 unspecified atom stereocenters. The number of sulfonamides is 1. The van der Waals surface area contributed by atoms with Crippen molar-refractivity contribution in [2.75, 3.05) is 40.3 Å². The summed E-state index contributed by atoms with van der Waals surface area (Å²) in [6.07, 6.45) is 4.04. The monoisotopic (exact) mass is 460 g/mol. The van der Waals surface area contributed by atoms with Crippen LogP contribution in [0.2, 0.25) is 0 Å². The SMILES string of the molecule is CCC(O)C1CCNC(N2CC(S(=O)(=O)NC3C(OC)CCC4CNN(C)C43)CN2)C1. The Kier molecular flexibility index (Phi) is 7.56. The van der Waals surface area contributed by atoms with Crippen LogP contribution >= 0.6 is 0 Å². The van der Waals surface area contributed by atoms with Crippen LogP contribution in [0.1, 0.15) is 39.0 Å². The van der Waals surface area contributed by atoms with Gasteiger partial charge in [-0.1, -0.05) is 6.92 Å². The first kappa shape index (κ1) is 23.8. The van der Waals surface area contributed by atoms with Gasteiger partial charge in [-0.3, -0.25) is 10.9 Å². The molecule has 4 aliphatic rings. The van der Waals surface area contributed by atoms with Gasteiger partial charge >= 0.3 is 0 Å². The van der Waals surface area contributed by atoms with Crippen LogP contribution in [0.25, 0.3) is 0 Å². The molecule has 0 aromatic carbocycles. The quantitative estimate of drug-likeness (QED) is 0.319. The van der Waals surface area contributed by atoms with E-state index in [1.54, 1.807) is 7.11 Å². The number of fused-ring (bicyclic) bond motifs is 1. The highest BCUT2D eigenvalue weighted by molar-refractivity contribution is 7.90. The molecule has 4 rings (SSSR count). The van der Waals surface area contributed by atoms with E-state index in [0.717, 1.165) is 45.2 Å². The minimum absolute atomic E-state index is 0.0381. The van der Waals surface area contributed by atoms with E-state index in [2.05, 4.69) is 20.9 Å². The largest absolute Gasteiger partial charge is 0.393 e. The number of rotatable bonds is 7. The summed E-state index contributed by atoms with van der Waals surface area (Å²) in [5.41, 5.74) is 6.65. The van der Waals surface area contributed by atoms with Gasteiger partial charge in [-0.15, -0.1) is 0 Å². The minimum atomic E-state index is -3.54. The third kappa shape index (κ3) is 4.95. The van der Waals surface area contributed by atoms with Crippen LogP contribution in [-0.2, 0) is 14.8 Å². The fraction of sp³-hybridized carbons (Fsp3) is 1.00. The number of aliphatic hydroxyl groups is 1. The Bertz CT molecular complexity index is 712. The lowest BCUT2D eigenvalue weighted by atomic mass is 9.80. The maximum atomic E-state index is 13.4. The summed E-state index contributed by atoms with van der Waals surface area (Å²) in [6, 6.07) is -0.171. The third-order valence-electron chi connectivity index (χ3n) is 7.85. The molecule has 11 heteroatoms. The molecule has 0 bridgehead atoms. The predicted octanol–water partition coefficient (Wildman–Crippen LogP) is -1.20. The van der Waals surface area contributed by atoms with Crippen molar-refractivity contribution in [3.63, 3.8) is 0 Å². The van der Waals surface area contributed by atoms with Crippen LogP contribution < -0.4 is 20.9 Å². The molecule has 0 spiro atoms. The number of nitrogens with one attached hydrogen (secondary N) is 4. The molecule has 0 aromatic rings. The van der Waals surface area contributed by atoms with Gasteiger partial charge in [0.1, 0.15) is 5.25 Å². The van der Waals surface area contributed by atoms with E-state index in [4.69, 9.17) is 4.74 Å². The van der Waals surface area contributed by atoms with E-state index in [-0.39, 0.29) is 36.4 Å². The molecule has 4 fully saturated rings. The predicted molar refractivity (Wildman–Crippen MR) is 118 cm³/mol. The Morgan fingerprint density at radius 3 is 2.77 bits per heavy atom. The number of ether oxygens (including phenoxy) is 1. The summed E-state index contributed by atoms with van der Waals surface area (Å²) in [7, 11) is 0.118. The summed E-state index contributed by atoms with van der Waals surface area (Å²) in [5.74, 6) is 0.675. The Hall–Kier alpha value is -0.370. The highest BCUT2D eigenvalue weighted by Gasteiger charge is 2.48. The van der Waals surface area contributed by atoms with E-state index in [1.165, 1.54) is 0 Å². The lowest BCUT2D eigenvalue weighted by Gasteiger charge is -2.41. The van der Waals surface area contributed by atoms with Crippen LogP contribution in [0.3, 0.4) is 0 Å². The summed E-state index contributed by atoms with van der Waals surface area (Å²) < 4.78 is 35.5. The van der Waals surface area contributed by atoms with Gasteiger partial charge in [0.2, 0.25) is 10.0 Å². The molecule has 1 saturated carbocycles. The van der Waals surface area contributed by atoms with Crippen LogP contribution in [-0.4, -0.2) is 99.6 Å². The molecule has 8 atom stereocenters. The second kappa shape index (κ2) is 9.86. The first-order valence-electron chi connectivity index (χ1n) is 11.8. The average molecular weight is 461 g/mol. The molecule has 0 aromatic heterocycles. The summed E-state index contributed by atoms with van der Waals surface area (Å²) in [6.45, 7) is 4.53. The number of hydrazine groups is 2. The van der Waals surface area contributed by atoms with Crippen LogP contribution in [0.15, 0.2) is 0 Å². The summed E-state index contributed by atoms with van der Waals surface area (Å²) >= 11 is 0. The van der Waals surface area contributed by atoms with E-state index in [9.17, 15) is 13.5 Å². The van der Waals surface area contributed by atoms with Gasteiger partial charge in [0, 0.05) is 39.8 Å². The van der Waals surface area contributed by atoms with Crippen molar-refractivity contribution in [2.45, 2.75) is 74.7 Å². The number of piperidine rings is 1. The molecule has 1 aliphatic carbocycles. The van der Waals surface area contributed by atoms with Crippen LogP contribution in [0.4, 0.5) is 0 Å². The zero-order valence-electron chi connectivity index (χ0n) is 19.0. The molecule has 0 amide bonds. The molecule has 3 saturated heterocycles. The second-order valence-corrected chi connectivity index (χ2v) is 11.6. The van der Waals surface area contributed by atoms with Crippen molar-refractivity contribution in [3.05, 3.63) is 0 Å². The van der Waals surface area contributed by atoms with Crippen molar-refractivity contribution < 1.29 is 18.3 Å². The van der Waals surface area contributed by atoms with Crippen LogP contribution in [0, 0.1) is 11.8 Å². The van der Waals surface area contributed by atoms with Crippen molar-refractivity contribution in [1.29, 1.82) is 0 Å². The van der Waals surface area contributed by atoms with Gasteiger partial charge in [-0.25, -0.2) is 23.2 Å². The van der Waals surface area contributed by atoms with Crippen LogP contribution in [0.5, 0.6) is 0 Å². The van der Waals surface area contributed by atoms with Gasteiger partial charge in [0.05, 0.1) is 24.4 Å². The van der Waals surface area contributed by atoms with E-state index in [0.29, 0.717) is 19.0 Å². The third-order valence-corrected chi connectivity index (χ3v) is 9.64. The lowest BCUT2D eigenvalue weighted by molar-refractivity contribution is 0.00327. The Morgan fingerprint density at radius 2 is 2.03 bits per heavy atom. The standard InChI is InChI=1S/C20H40N6O4S/c1-4-16(27)13-7-8-21-18(9-13)26-12-15(11-23-26)31(28,29)24-19-17(30-3)6-5-14-10-22-25(2)20(14)19/h13-24,27H,4-12H2,1-3H3. The summed E-state index contributed by atoms with van der Waals surface area (Å²) in [5, 5.41) is 17.3. The molecule has 5 N–H and O–H groups in total. The molecule has 31 heavy (non-hydrogen) atoms. The van der Waals surface area contributed by atoms with Gasteiger partial charge in [0.25, 0.3) is 0 Å². The van der Waals surface area contributed by atoms with E-state index in [1.807, 2.05) is 24.0 Å². The molecule has 0 radical (unpaired) electrons. The zero-order valence-corrected chi connectivity index (χ0v) is 19.8. The molecule has 180 valence electrons.